The molecule has 1 aliphatic heterocycles. The number of carbonyl (C=O) groups is 1. The van der Waals surface area contributed by atoms with E-state index in [0.29, 0.717) is 17.9 Å². The first-order chi connectivity index (χ1) is 9.91. The molecular weight excluding hydrogens is 272 g/mol. The molecule has 6 nitrogen and oxygen atoms in total. The molecule has 0 amide bonds. The molecule has 6 heteroatoms. The van der Waals surface area contributed by atoms with E-state index in [-0.39, 0.29) is 5.75 Å². The minimum Gasteiger partial charge on any atom is -0.503 e. The molecule has 1 atom stereocenters. The number of nitrogens with zero attached hydrogens (tertiary/aromatic N) is 2. The van der Waals surface area contributed by atoms with Crippen LogP contribution in [0.1, 0.15) is 43.6 Å². The summed E-state index contributed by atoms with van der Waals surface area (Å²) in [6.45, 7) is 5.46. The summed E-state index contributed by atoms with van der Waals surface area (Å²) in [5, 5.41) is 19.4. The summed E-state index contributed by atoms with van der Waals surface area (Å²) in [7, 11) is 0. The van der Waals surface area contributed by atoms with E-state index < -0.39 is 17.4 Å². The molecular formula is C15H22N2O4. The van der Waals surface area contributed by atoms with Gasteiger partial charge in [0.05, 0.1) is 5.69 Å². The second-order valence-electron chi connectivity index (χ2n) is 5.67. The fourth-order valence-electron chi connectivity index (χ4n) is 2.93. The van der Waals surface area contributed by atoms with E-state index in [4.69, 9.17) is 0 Å². The number of aryl methyl sites for hydroxylation is 1. The highest BCUT2D eigenvalue weighted by atomic mass is 16.4. The Morgan fingerprint density at radius 1 is 1.33 bits per heavy atom. The van der Waals surface area contributed by atoms with Crippen LogP contribution in [-0.2, 0) is 11.3 Å². The predicted octanol–water partition coefficient (Wildman–Crippen LogP) is 1.49. The van der Waals surface area contributed by atoms with Crippen LogP contribution >= 0.6 is 0 Å². The van der Waals surface area contributed by atoms with Gasteiger partial charge in [-0.15, -0.1) is 0 Å². The van der Waals surface area contributed by atoms with E-state index in [1.54, 1.807) is 18.4 Å². The zero-order valence-corrected chi connectivity index (χ0v) is 12.5. The predicted molar refractivity (Wildman–Crippen MR) is 78.6 cm³/mol. The van der Waals surface area contributed by atoms with Crippen LogP contribution in [0.3, 0.4) is 0 Å². The average molecular weight is 294 g/mol. The number of rotatable bonds is 4. The second-order valence-corrected chi connectivity index (χ2v) is 5.67. The molecule has 1 aliphatic rings. The first-order valence-electron chi connectivity index (χ1n) is 7.31. The second kappa shape index (κ2) is 6.30. The maximum Gasteiger partial charge on any atom is 0.326 e. The van der Waals surface area contributed by atoms with Crippen molar-refractivity contribution in [1.29, 1.82) is 0 Å². The molecule has 21 heavy (non-hydrogen) atoms. The molecule has 2 rings (SSSR count). The Bertz CT molecular complexity index is 588. The quantitative estimate of drug-likeness (QED) is 0.879. The number of carboxylic acids is 1. The average Bonchev–Trinajstić information content (AvgIpc) is 2.45. The van der Waals surface area contributed by atoms with Gasteiger partial charge in [-0.3, -0.25) is 9.69 Å². The number of aromatic nitrogens is 1. The van der Waals surface area contributed by atoms with Crippen LogP contribution in [-0.4, -0.2) is 38.7 Å². The molecule has 0 radical (unpaired) electrons. The maximum absolute atomic E-state index is 11.8. The standard InChI is InChI=1S/C15H22N2O4/c1-10-8-13(18)14(19)12(17(10)11(2)15(20)21)9-16-6-4-3-5-7-16/h8,11,19H,3-7,9H2,1-2H3,(H,20,21). The van der Waals surface area contributed by atoms with Gasteiger partial charge in [0.25, 0.3) is 0 Å². The number of likely N-dealkylation sites (tertiary alicyclic amines) is 1. The fourth-order valence-corrected chi connectivity index (χ4v) is 2.93. The maximum atomic E-state index is 11.8. The van der Waals surface area contributed by atoms with Gasteiger partial charge in [0.2, 0.25) is 5.43 Å². The number of aromatic hydroxyl groups is 1. The molecule has 0 spiro atoms. The smallest absolute Gasteiger partial charge is 0.326 e. The Hall–Kier alpha value is -1.82. The van der Waals surface area contributed by atoms with Crippen molar-refractivity contribution in [2.45, 2.75) is 45.7 Å². The van der Waals surface area contributed by atoms with Crippen molar-refractivity contribution in [1.82, 2.24) is 9.47 Å². The Morgan fingerprint density at radius 3 is 2.52 bits per heavy atom. The van der Waals surface area contributed by atoms with Crippen molar-refractivity contribution in [2.75, 3.05) is 13.1 Å². The number of hydrogen-bond acceptors (Lipinski definition) is 4. The zero-order chi connectivity index (χ0) is 15.6. The summed E-state index contributed by atoms with van der Waals surface area (Å²) in [6.07, 6.45) is 3.37. The normalized spacial score (nSPS) is 17.6. The largest absolute Gasteiger partial charge is 0.503 e. The number of aliphatic carboxylic acids is 1. The van der Waals surface area contributed by atoms with Gasteiger partial charge in [-0.05, 0) is 39.8 Å². The van der Waals surface area contributed by atoms with Gasteiger partial charge in [0.15, 0.2) is 5.75 Å². The molecule has 0 bridgehead atoms. The minimum absolute atomic E-state index is 0.334. The van der Waals surface area contributed by atoms with Crippen molar-refractivity contribution < 1.29 is 15.0 Å². The van der Waals surface area contributed by atoms with Crippen molar-refractivity contribution in [2.24, 2.45) is 0 Å². The molecule has 1 unspecified atom stereocenters. The summed E-state index contributed by atoms with van der Waals surface area (Å²) in [5.74, 6) is -1.32. The lowest BCUT2D eigenvalue weighted by atomic mass is 10.1. The van der Waals surface area contributed by atoms with Crippen molar-refractivity contribution in [3.8, 4) is 5.75 Å². The number of hydrogen-bond donors (Lipinski definition) is 2. The van der Waals surface area contributed by atoms with Crippen LogP contribution in [0.5, 0.6) is 5.75 Å². The summed E-state index contributed by atoms with van der Waals surface area (Å²) < 4.78 is 1.55. The van der Waals surface area contributed by atoms with Gasteiger partial charge < -0.3 is 14.8 Å². The molecule has 1 aromatic heterocycles. The summed E-state index contributed by atoms with van der Waals surface area (Å²) in [4.78, 5) is 25.3. The Morgan fingerprint density at radius 2 is 1.95 bits per heavy atom. The van der Waals surface area contributed by atoms with Gasteiger partial charge in [0.1, 0.15) is 6.04 Å². The molecule has 0 aliphatic carbocycles. The van der Waals surface area contributed by atoms with E-state index >= 15 is 0 Å². The summed E-state index contributed by atoms with van der Waals surface area (Å²) >= 11 is 0. The fraction of sp³-hybridized carbons (Fsp3) is 0.600. The lowest BCUT2D eigenvalue weighted by Gasteiger charge is -2.29. The zero-order valence-electron chi connectivity index (χ0n) is 12.5. The van der Waals surface area contributed by atoms with Gasteiger partial charge >= 0.3 is 5.97 Å². The minimum atomic E-state index is -0.985. The molecule has 1 saturated heterocycles. The summed E-state index contributed by atoms with van der Waals surface area (Å²) in [5.41, 5.74) is 0.504. The van der Waals surface area contributed by atoms with Crippen LogP contribution < -0.4 is 5.43 Å². The number of pyridine rings is 1. The Labute approximate surface area is 123 Å². The SMILES string of the molecule is Cc1cc(=O)c(O)c(CN2CCCCC2)n1C(C)C(=O)O. The third-order valence-corrected chi connectivity index (χ3v) is 4.08. The van der Waals surface area contributed by atoms with Crippen LogP contribution in [0, 0.1) is 6.92 Å². The molecule has 116 valence electrons. The third kappa shape index (κ3) is 3.26. The van der Waals surface area contributed by atoms with Gasteiger partial charge in [-0.2, -0.15) is 0 Å². The Balaban J connectivity index is 2.45. The van der Waals surface area contributed by atoms with Gasteiger partial charge in [0, 0.05) is 18.3 Å². The summed E-state index contributed by atoms with van der Waals surface area (Å²) in [6, 6.07) is 0.463. The molecule has 1 fully saturated rings. The lowest BCUT2D eigenvalue weighted by molar-refractivity contribution is -0.140. The number of piperidine rings is 1. The first kappa shape index (κ1) is 15.6. The Kier molecular flexibility index (Phi) is 4.67. The van der Waals surface area contributed by atoms with Crippen molar-refractivity contribution >= 4 is 5.97 Å². The molecule has 2 heterocycles. The van der Waals surface area contributed by atoms with E-state index in [1.165, 1.54) is 12.5 Å². The number of carboxylic acid groups (broad SMARTS) is 1. The highest BCUT2D eigenvalue weighted by Crippen LogP contribution is 2.23. The molecule has 0 saturated carbocycles. The van der Waals surface area contributed by atoms with Gasteiger partial charge in [-0.1, -0.05) is 6.42 Å². The van der Waals surface area contributed by atoms with Gasteiger partial charge in [-0.25, -0.2) is 4.79 Å². The monoisotopic (exact) mass is 294 g/mol. The highest BCUT2D eigenvalue weighted by molar-refractivity contribution is 5.71. The van der Waals surface area contributed by atoms with Crippen LogP contribution in [0.25, 0.3) is 0 Å². The van der Waals surface area contributed by atoms with Crippen LogP contribution in [0.15, 0.2) is 10.9 Å². The third-order valence-electron chi connectivity index (χ3n) is 4.08. The van der Waals surface area contributed by atoms with Crippen molar-refractivity contribution in [3.63, 3.8) is 0 Å². The highest BCUT2D eigenvalue weighted by Gasteiger charge is 2.23. The van der Waals surface area contributed by atoms with E-state index in [2.05, 4.69) is 4.90 Å². The lowest BCUT2D eigenvalue weighted by Crippen LogP contribution is -2.33. The molecule has 1 aromatic rings. The van der Waals surface area contributed by atoms with E-state index in [0.717, 1.165) is 25.9 Å². The first-order valence-corrected chi connectivity index (χ1v) is 7.31. The van der Waals surface area contributed by atoms with Crippen molar-refractivity contribution in [3.05, 3.63) is 27.7 Å². The topological polar surface area (TPSA) is 82.8 Å². The van der Waals surface area contributed by atoms with Crippen LogP contribution in [0.4, 0.5) is 0 Å². The molecule has 2 N–H and O–H groups in total. The van der Waals surface area contributed by atoms with E-state index in [9.17, 15) is 19.8 Å². The van der Waals surface area contributed by atoms with E-state index in [1.807, 2.05) is 0 Å². The van der Waals surface area contributed by atoms with Crippen LogP contribution in [0.2, 0.25) is 0 Å². The molecule has 0 aromatic carbocycles.